The molecule has 76 valence electrons. The second-order valence-electron chi connectivity index (χ2n) is 3.32. The largest absolute Gasteiger partial charge is 0.319 e. The van der Waals surface area contributed by atoms with Crippen LogP contribution in [0, 0.1) is 25.7 Å². The molecule has 3 nitrogen and oxygen atoms in total. The van der Waals surface area contributed by atoms with E-state index >= 15 is 0 Å². The number of nitrogens with zero attached hydrogens (tertiary/aromatic N) is 2. The zero-order chi connectivity index (χ0) is 10.6. The molecule has 0 fully saturated rings. The van der Waals surface area contributed by atoms with Gasteiger partial charge in [0.15, 0.2) is 0 Å². The summed E-state index contributed by atoms with van der Waals surface area (Å²) in [6, 6.07) is 0. The Morgan fingerprint density at radius 3 is 2.64 bits per heavy atom. The summed E-state index contributed by atoms with van der Waals surface area (Å²) in [5.74, 6) is 6.30. The Morgan fingerprint density at radius 2 is 2.14 bits per heavy atom. The molecule has 0 aliphatic carbocycles. The molecule has 0 saturated heterocycles. The molecular formula is C11H17N3. The summed E-state index contributed by atoms with van der Waals surface area (Å²) in [6.45, 7) is 4.97. The van der Waals surface area contributed by atoms with E-state index in [1.807, 2.05) is 32.6 Å². The molecule has 0 amide bonds. The first kappa shape index (κ1) is 10.8. The van der Waals surface area contributed by atoms with E-state index < -0.39 is 0 Å². The van der Waals surface area contributed by atoms with Gasteiger partial charge in [0.05, 0.1) is 17.0 Å². The normalized spacial score (nSPS) is 9.71. The van der Waals surface area contributed by atoms with Crippen molar-refractivity contribution < 1.29 is 0 Å². The second kappa shape index (κ2) is 4.83. The lowest BCUT2D eigenvalue weighted by molar-refractivity contribution is 0.731. The van der Waals surface area contributed by atoms with Crippen LogP contribution < -0.4 is 5.32 Å². The molecular weight excluding hydrogens is 174 g/mol. The van der Waals surface area contributed by atoms with Gasteiger partial charge in [-0.15, -0.1) is 0 Å². The van der Waals surface area contributed by atoms with Crippen molar-refractivity contribution in [2.45, 2.75) is 20.3 Å². The Morgan fingerprint density at radius 1 is 1.43 bits per heavy atom. The van der Waals surface area contributed by atoms with Gasteiger partial charge in [-0.25, -0.2) is 0 Å². The Balaban J connectivity index is 2.78. The third-order valence-electron chi connectivity index (χ3n) is 2.22. The van der Waals surface area contributed by atoms with Crippen molar-refractivity contribution >= 4 is 0 Å². The number of aromatic nitrogens is 2. The Bertz CT molecular complexity index is 366. The minimum atomic E-state index is 0.879. The SMILES string of the molecule is CNCCC#Cc1c(C)nn(C)c1C. The second-order valence-corrected chi connectivity index (χ2v) is 3.32. The first-order valence-corrected chi connectivity index (χ1v) is 4.80. The zero-order valence-electron chi connectivity index (χ0n) is 9.31. The van der Waals surface area contributed by atoms with Crippen LogP contribution >= 0.6 is 0 Å². The minimum Gasteiger partial charge on any atom is -0.319 e. The maximum atomic E-state index is 4.31. The molecule has 0 spiro atoms. The van der Waals surface area contributed by atoms with Gasteiger partial charge in [0, 0.05) is 20.0 Å². The Kier molecular flexibility index (Phi) is 3.73. The maximum absolute atomic E-state index is 4.31. The molecule has 3 heteroatoms. The molecule has 0 aromatic carbocycles. The van der Waals surface area contributed by atoms with Crippen LogP contribution in [-0.2, 0) is 7.05 Å². The predicted octanol–water partition coefficient (Wildman–Crippen LogP) is 0.998. The molecule has 0 atom stereocenters. The van der Waals surface area contributed by atoms with E-state index in [4.69, 9.17) is 0 Å². The maximum Gasteiger partial charge on any atom is 0.0752 e. The van der Waals surface area contributed by atoms with Crippen molar-refractivity contribution in [3.63, 3.8) is 0 Å². The Hall–Kier alpha value is -1.27. The average Bonchev–Trinajstić information content (AvgIpc) is 2.38. The van der Waals surface area contributed by atoms with E-state index in [1.165, 1.54) is 0 Å². The first-order chi connectivity index (χ1) is 6.66. The molecule has 0 aliphatic heterocycles. The number of nitrogens with one attached hydrogen (secondary N) is 1. The Labute approximate surface area is 85.5 Å². The summed E-state index contributed by atoms with van der Waals surface area (Å²) in [4.78, 5) is 0. The van der Waals surface area contributed by atoms with Crippen molar-refractivity contribution in [2.24, 2.45) is 7.05 Å². The molecule has 0 bridgehead atoms. The van der Waals surface area contributed by atoms with Crippen molar-refractivity contribution in [3.05, 3.63) is 17.0 Å². The fraction of sp³-hybridized carbons (Fsp3) is 0.545. The van der Waals surface area contributed by atoms with Crippen LogP contribution in [0.15, 0.2) is 0 Å². The van der Waals surface area contributed by atoms with Crippen molar-refractivity contribution in [2.75, 3.05) is 13.6 Å². The van der Waals surface area contributed by atoms with Crippen molar-refractivity contribution in [1.29, 1.82) is 0 Å². The summed E-state index contributed by atoms with van der Waals surface area (Å²) < 4.78 is 1.87. The molecule has 0 saturated carbocycles. The highest BCUT2D eigenvalue weighted by Gasteiger charge is 2.05. The highest BCUT2D eigenvalue weighted by atomic mass is 15.3. The smallest absolute Gasteiger partial charge is 0.0752 e. The van der Waals surface area contributed by atoms with Gasteiger partial charge in [-0.2, -0.15) is 5.10 Å². The first-order valence-electron chi connectivity index (χ1n) is 4.80. The fourth-order valence-electron chi connectivity index (χ4n) is 1.29. The summed E-state index contributed by atoms with van der Waals surface area (Å²) in [5, 5.41) is 7.37. The average molecular weight is 191 g/mol. The van der Waals surface area contributed by atoms with E-state index in [2.05, 4.69) is 22.3 Å². The third-order valence-corrected chi connectivity index (χ3v) is 2.22. The lowest BCUT2D eigenvalue weighted by atomic mass is 10.2. The van der Waals surface area contributed by atoms with E-state index in [0.29, 0.717) is 0 Å². The molecule has 0 unspecified atom stereocenters. The molecule has 1 aromatic rings. The van der Waals surface area contributed by atoms with E-state index in [9.17, 15) is 0 Å². The summed E-state index contributed by atoms with van der Waals surface area (Å²) >= 11 is 0. The van der Waals surface area contributed by atoms with Crippen molar-refractivity contribution in [1.82, 2.24) is 15.1 Å². The van der Waals surface area contributed by atoms with Crippen LogP contribution in [-0.4, -0.2) is 23.4 Å². The molecule has 14 heavy (non-hydrogen) atoms. The van der Waals surface area contributed by atoms with Crippen LogP contribution in [0.25, 0.3) is 0 Å². The minimum absolute atomic E-state index is 0.879. The number of hydrogen-bond acceptors (Lipinski definition) is 2. The highest BCUT2D eigenvalue weighted by molar-refractivity contribution is 5.41. The monoisotopic (exact) mass is 191 g/mol. The van der Waals surface area contributed by atoms with Gasteiger partial charge >= 0.3 is 0 Å². The van der Waals surface area contributed by atoms with Gasteiger partial charge in [0.1, 0.15) is 0 Å². The summed E-state index contributed by atoms with van der Waals surface area (Å²) in [5.41, 5.74) is 3.23. The van der Waals surface area contributed by atoms with Gasteiger partial charge in [-0.3, -0.25) is 4.68 Å². The quantitative estimate of drug-likeness (QED) is 0.558. The van der Waals surface area contributed by atoms with Crippen molar-refractivity contribution in [3.8, 4) is 11.8 Å². The number of hydrogen-bond donors (Lipinski definition) is 1. The van der Waals surface area contributed by atoms with Crippen LogP contribution in [0.3, 0.4) is 0 Å². The van der Waals surface area contributed by atoms with Crippen LogP contribution in [0.2, 0.25) is 0 Å². The van der Waals surface area contributed by atoms with E-state index in [1.54, 1.807) is 0 Å². The highest BCUT2D eigenvalue weighted by Crippen LogP contribution is 2.09. The van der Waals surface area contributed by atoms with E-state index in [-0.39, 0.29) is 0 Å². The van der Waals surface area contributed by atoms with E-state index in [0.717, 1.165) is 29.9 Å². The molecule has 1 aromatic heterocycles. The fourth-order valence-corrected chi connectivity index (χ4v) is 1.29. The van der Waals surface area contributed by atoms with Gasteiger partial charge in [0.25, 0.3) is 0 Å². The van der Waals surface area contributed by atoms with Crippen LogP contribution in [0.5, 0.6) is 0 Å². The van der Waals surface area contributed by atoms with Crippen LogP contribution in [0.4, 0.5) is 0 Å². The molecule has 1 N–H and O–H groups in total. The molecule has 1 rings (SSSR count). The summed E-state index contributed by atoms with van der Waals surface area (Å²) in [6.07, 6.45) is 0.879. The molecule has 0 radical (unpaired) electrons. The predicted molar refractivity (Wildman–Crippen MR) is 58.1 cm³/mol. The lowest BCUT2D eigenvalue weighted by Gasteiger charge is -1.92. The number of rotatable bonds is 2. The van der Waals surface area contributed by atoms with Crippen LogP contribution in [0.1, 0.15) is 23.4 Å². The summed E-state index contributed by atoms with van der Waals surface area (Å²) in [7, 11) is 3.88. The zero-order valence-corrected chi connectivity index (χ0v) is 9.31. The number of aryl methyl sites for hydroxylation is 2. The molecule has 0 aliphatic rings. The lowest BCUT2D eigenvalue weighted by Crippen LogP contribution is -2.05. The standard InChI is InChI=1S/C11H17N3/c1-9-11(7-5-6-8-12-3)10(2)14(4)13-9/h12H,6,8H2,1-4H3. The van der Waals surface area contributed by atoms with Gasteiger partial charge in [-0.05, 0) is 20.9 Å². The van der Waals surface area contributed by atoms with Gasteiger partial charge in [-0.1, -0.05) is 11.8 Å². The van der Waals surface area contributed by atoms with Gasteiger partial charge < -0.3 is 5.32 Å². The third kappa shape index (κ3) is 2.36. The topological polar surface area (TPSA) is 29.9 Å². The molecule has 1 heterocycles. The van der Waals surface area contributed by atoms with Gasteiger partial charge in [0.2, 0.25) is 0 Å².